The number of piperidine rings is 1. The minimum atomic E-state index is 0.0651. The summed E-state index contributed by atoms with van der Waals surface area (Å²) in [5.74, 6) is 2.09. The molecule has 1 saturated heterocycles. The number of hydrogen-bond donors (Lipinski definition) is 2. The zero-order valence-electron chi connectivity index (χ0n) is 13.7. The third kappa shape index (κ3) is 5.04. The third-order valence-corrected chi connectivity index (χ3v) is 4.14. The van der Waals surface area contributed by atoms with E-state index in [1.807, 2.05) is 26.0 Å². The number of benzene rings is 1. The third-order valence-electron chi connectivity index (χ3n) is 3.86. The minimum absolute atomic E-state index is 0.0651. The van der Waals surface area contributed by atoms with Crippen LogP contribution in [-0.2, 0) is 6.54 Å². The number of nitrogens with one attached hydrogen (secondary N) is 2. The van der Waals surface area contributed by atoms with E-state index in [1.54, 1.807) is 7.11 Å². The Labute approximate surface area is 138 Å². The van der Waals surface area contributed by atoms with E-state index in [2.05, 4.69) is 10.6 Å². The Bertz CT molecular complexity index is 474. The maximum atomic E-state index is 6.34. The molecular formula is C17H27ClN2O2. The lowest BCUT2D eigenvalue weighted by molar-refractivity contribution is 0.230. The largest absolute Gasteiger partial charge is 0.493 e. The van der Waals surface area contributed by atoms with E-state index in [0.717, 1.165) is 37.7 Å². The summed E-state index contributed by atoms with van der Waals surface area (Å²) < 4.78 is 11.2. The van der Waals surface area contributed by atoms with Crippen LogP contribution < -0.4 is 20.1 Å². The van der Waals surface area contributed by atoms with Crippen LogP contribution in [0.2, 0.25) is 5.02 Å². The van der Waals surface area contributed by atoms with Crippen molar-refractivity contribution in [1.82, 2.24) is 10.6 Å². The second-order valence-corrected chi connectivity index (χ2v) is 6.51. The normalized spacial score (nSPS) is 16.0. The van der Waals surface area contributed by atoms with Gasteiger partial charge in [0, 0.05) is 6.54 Å². The van der Waals surface area contributed by atoms with Gasteiger partial charge >= 0.3 is 0 Å². The molecule has 1 aliphatic rings. The first kappa shape index (κ1) is 17.4. The SMILES string of the molecule is COc1cc(CNCC2CCNCC2)cc(Cl)c1OC(C)C. The quantitative estimate of drug-likeness (QED) is 0.807. The number of rotatable bonds is 7. The molecule has 0 aromatic heterocycles. The summed E-state index contributed by atoms with van der Waals surface area (Å²) >= 11 is 6.34. The Hall–Kier alpha value is -0.970. The number of ether oxygens (including phenoxy) is 2. The van der Waals surface area contributed by atoms with Gasteiger partial charge in [0.25, 0.3) is 0 Å². The number of halogens is 1. The number of methoxy groups -OCH3 is 1. The molecule has 22 heavy (non-hydrogen) atoms. The molecule has 5 heteroatoms. The Morgan fingerprint density at radius 3 is 2.68 bits per heavy atom. The molecule has 2 rings (SSSR count). The van der Waals surface area contributed by atoms with E-state index < -0.39 is 0 Å². The highest BCUT2D eigenvalue weighted by Gasteiger charge is 2.15. The van der Waals surface area contributed by atoms with Gasteiger partial charge in [0.05, 0.1) is 18.2 Å². The molecule has 0 aliphatic carbocycles. The van der Waals surface area contributed by atoms with E-state index in [4.69, 9.17) is 21.1 Å². The van der Waals surface area contributed by atoms with Gasteiger partial charge < -0.3 is 20.1 Å². The van der Waals surface area contributed by atoms with Crippen LogP contribution in [0.25, 0.3) is 0 Å². The van der Waals surface area contributed by atoms with Gasteiger partial charge in [0.1, 0.15) is 0 Å². The zero-order valence-corrected chi connectivity index (χ0v) is 14.5. The van der Waals surface area contributed by atoms with Crippen molar-refractivity contribution in [3.05, 3.63) is 22.7 Å². The molecule has 1 heterocycles. The molecule has 1 aromatic rings. The average molecular weight is 327 g/mol. The van der Waals surface area contributed by atoms with Crippen LogP contribution in [0.3, 0.4) is 0 Å². The second kappa shape index (κ2) is 8.61. The van der Waals surface area contributed by atoms with Crippen LogP contribution >= 0.6 is 11.6 Å². The Balaban J connectivity index is 1.94. The van der Waals surface area contributed by atoms with E-state index in [1.165, 1.54) is 12.8 Å². The molecule has 0 saturated carbocycles. The van der Waals surface area contributed by atoms with Crippen molar-refractivity contribution in [3.63, 3.8) is 0 Å². The highest BCUT2D eigenvalue weighted by molar-refractivity contribution is 6.32. The van der Waals surface area contributed by atoms with Crippen LogP contribution in [-0.4, -0.2) is 32.8 Å². The topological polar surface area (TPSA) is 42.5 Å². The van der Waals surface area contributed by atoms with Crippen molar-refractivity contribution in [2.45, 2.75) is 39.3 Å². The van der Waals surface area contributed by atoms with Crippen LogP contribution in [0.4, 0.5) is 0 Å². The fourth-order valence-corrected chi connectivity index (χ4v) is 3.01. The lowest BCUT2D eigenvalue weighted by atomic mass is 9.98. The van der Waals surface area contributed by atoms with Crippen LogP contribution in [0.1, 0.15) is 32.3 Å². The molecule has 0 bridgehead atoms. The summed E-state index contributed by atoms with van der Waals surface area (Å²) in [5, 5.41) is 7.52. The molecular weight excluding hydrogens is 300 g/mol. The first-order valence-electron chi connectivity index (χ1n) is 8.04. The van der Waals surface area contributed by atoms with E-state index in [9.17, 15) is 0 Å². The molecule has 0 spiro atoms. The van der Waals surface area contributed by atoms with Gasteiger partial charge in [-0.25, -0.2) is 0 Å². The average Bonchev–Trinajstić information content (AvgIpc) is 2.50. The van der Waals surface area contributed by atoms with E-state index in [-0.39, 0.29) is 6.10 Å². The standard InChI is InChI=1S/C17H27ClN2O2/c1-12(2)22-17-15(18)8-14(9-16(17)21-3)11-20-10-13-4-6-19-7-5-13/h8-9,12-13,19-20H,4-7,10-11H2,1-3H3. The van der Waals surface area contributed by atoms with Gasteiger partial charge in [0.2, 0.25) is 0 Å². The highest BCUT2D eigenvalue weighted by atomic mass is 35.5. The van der Waals surface area contributed by atoms with E-state index in [0.29, 0.717) is 16.5 Å². The molecule has 2 N–H and O–H groups in total. The van der Waals surface area contributed by atoms with E-state index >= 15 is 0 Å². The van der Waals surface area contributed by atoms with Gasteiger partial charge in [-0.2, -0.15) is 0 Å². The summed E-state index contributed by atoms with van der Waals surface area (Å²) in [7, 11) is 1.64. The summed E-state index contributed by atoms with van der Waals surface area (Å²) in [6, 6.07) is 3.95. The van der Waals surface area contributed by atoms with Gasteiger partial charge in [-0.15, -0.1) is 0 Å². The molecule has 1 aliphatic heterocycles. The molecule has 0 radical (unpaired) electrons. The molecule has 1 fully saturated rings. The first-order chi connectivity index (χ1) is 10.6. The predicted molar refractivity (Wildman–Crippen MR) is 91.1 cm³/mol. The van der Waals surface area contributed by atoms with Crippen molar-refractivity contribution in [2.24, 2.45) is 5.92 Å². The molecule has 4 nitrogen and oxygen atoms in total. The molecule has 1 aromatic carbocycles. The van der Waals surface area contributed by atoms with Gasteiger partial charge in [-0.05, 0) is 69.9 Å². The maximum absolute atomic E-state index is 6.34. The zero-order chi connectivity index (χ0) is 15.9. The van der Waals surface area contributed by atoms with Crippen molar-refractivity contribution in [2.75, 3.05) is 26.7 Å². The summed E-state index contributed by atoms with van der Waals surface area (Å²) in [6.07, 6.45) is 2.56. The van der Waals surface area contributed by atoms with Crippen molar-refractivity contribution in [1.29, 1.82) is 0 Å². The predicted octanol–water partition coefficient (Wildman–Crippen LogP) is 3.23. The molecule has 124 valence electrons. The monoisotopic (exact) mass is 326 g/mol. The summed E-state index contributed by atoms with van der Waals surface area (Å²) in [6.45, 7) is 8.06. The smallest absolute Gasteiger partial charge is 0.180 e. The molecule has 0 unspecified atom stereocenters. The van der Waals surface area contributed by atoms with Crippen molar-refractivity contribution >= 4 is 11.6 Å². The minimum Gasteiger partial charge on any atom is -0.493 e. The second-order valence-electron chi connectivity index (χ2n) is 6.10. The first-order valence-corrected chi connectivity index (χ1v) is 8.42. The fourth-order valence-electron chi connectivity index (χ4n) is 2.73. The van der Waals surface area contributed by atoms with Gasteiger partial charge in [-0.1, -0.05) is 11.6 Å². The Morgan fingerprint density at radius 2 is 2.05 bits per heavy atom. The fraction of sp³-hybridized carbons (Fsp3) is 0.647. The molecule has 0 amide bonds. The lowest BCUT2D eigenvalue weighted by Gasteiger charge is -2.23. The van der Waals surface area contributed by atoms with Gasteiger partial charge in [0.15, 0.2) is 11.5 Å². The van der Waals surface area contributed by atoms with Crippen LogP contribution in [0, 0.1) is 5.92 Å². The van der Waals surface area contributed by atoms with Crippen molar-refractivity contribution < 1.29 is 9.47 Å². The summed E-state index contributed by atoms with van der Waals surface area (Å²) in [5.41, 5.74) is 1.12. The number of hydrogen-bond acceptors (Lipinski definition) is 4. The van der Waals surface area contributed by atoms with Crippen LogP contribution in [0.15, 0.2) is 12.1 Å². The highest BCUT2D eigenvalue weighted by Crippen LogP contribution is 2.37. The lowest BCUT2D eigenvalue weighted by Crippen LogP contribution is -2.33. The Kier molecular flexibility index (Phi) is 6.80. The maximum Gasteiger partial charge on any atom is 0.180 e. The molecule has 0 atom stereocenters. The van der Waals surface area contributed by atoms with Gasteiger partial charge in [-0.3, -0.25) is 0 Å². The van der Waals surface area contributed by atoms with Crippen LogP contribution in [0.5, 0.6) is 11.5 Å². The summed E-state index contributed by atoms with van der Waals surface area (Å²) in [4.78, 5) is 0. The Morgan fingerprint density at radius 1 is 1.32 bits per heavy atom. The van der Waals surface area contributed by atoms with Crippen molar-refractivity contribution in [3.8, 4) is 11.5 Å².